The van der Waals surface area contributed by atoms with Crippen molar-refractivity contribution in [1.29, 1.82) is 0 Å². The zero-order chi connectivity index (χ0) is 13.2. The highest BCUT2D eigenvalue weighted by atomic mass is 19.3. The number of nitro groups is 1. The molecule has 0 fully saturated rings. The Morgan fingerprint density at radius 1 is 1.59 bits per heavy atom. The lowest BCUT2D eigenvalue weighted by molar-refractivity contribution is -0.387. The Balaban J connectivity index is 3.47. The average Bonchev–Trinajstić information content (AvgIpc) is 2.27. The van der Waals surface area contributed by atoms with Gasteiger partial charge in [0.25, 0.3) is 6.43 Å². The Bertz CT molecular complexity index is 478. The minimum atomic E-state index is -3.38. The van der Waals surface area contributed by atoms with Crippen molar-refractivity contribution in [3.8, 4) is 0 Å². The molecule has 0 aromatic carbocycles. The number of pyridine rings is 1. The van der Waals surface area contributed by atoms with Crippen molar-refractivity contribution >= 4 is 11.7 Å². The molecular weight excluding hydrogens is 245 g/mol. The normalized spacial score (nSPS) is 10.4. The number of ether oxygens (including phenoxy) is 1. The molecule has 0 bridgehead atoms. The number of rotatable bonds is 3. The lowest BCUT2D eigenvalue weighted by atomic mass is 10.2. The number of alkyl halides is 2. The highest BCUT2D eigenvalue weighted by Gasteiger charge is 2.28. The molecule has 1 heterocycles. The molecule has 0 saturated carbocycles. The molecule has 92 valence electrons. The van der Waals surface area contributed by atoms with Gasteiger partial charge in [0.2, 0.25) is 5.82 Å². The third kappa shape index (κ3) is 2.49. The second-order valence-corrected chi connectivity index (χ2v) is 2.78. The van der Waals surface area contributed by atoms with Crippen LogP contribution in [-0.2, 0) is 4.74 Å². The Morgan fingerprint density at radius 3 is 2.59 bits per heavy atom. The van der Waals surface area contributed by atoms with Gasteiger partial charge < -0.3 is 4.74 Å². The number of nitrogens with zero attached hydrogens (tertiary/aromatic N) is 2. The molecule has 17 heavy (non-hydrogen) atoms. The van der Waals surface area contributed by atoms with Crippen molar-refractivity contribution in [2.24, 2.45) is 0 Å². The zero-order valence-electron chi connectivity index (χ0n) is 8.32. The molecule has 0 aliphatic rings. The number of carbonyl (C=O) groups excluding carboxylic acids is 1. The molecule has 0 saturated heterocycles. The Hall–Kier alpha value is -2.19. The summed E-state index contributed by atoms with van der Waals surface area (Å²) < 4.78 is 42.0. The van der Waals surface area contributed by atoms with E-state index in [2.05, 4.69) is 9.72 Å². The topological polar surface area (TPSA) is 82.3 Å². The van der Waals surface area contributed by atoms with Gasteiger partial charge in [0.05, 0.1) is 18.1 Å². The molecule has 1 rings (SSSR count). The number of carbonyl (C=O) groups is 1. The largest absolute Gasteiger partial charge is 0.464 e. The second kappa shape index (κ2) is 4.76. The molecule has 9 heteroatoms. The van der Waals surface area contributed by atoms with E-state index in [1.165, 1.54) is 0 Å². The van der Waals surface area contributed by atoms with Gasteiger partial charge in [0, 0.05) is 0 Å². The molecular formula is C8H5F3N2O4. The predicted molar refractivity (Wildman–Crippen MR) is 47.1 cm³/mol. The number of hydrogen-bond donors (Lipinski definition) is 0. The van der Waals surface area contributed by atoms with E-state index in [1.807, 2.05) is 0 Å². The van der Waals surface area contributed by atoms with Crippen LogP contribution in [0, 0.1) is 15.9 Å². The smallest absolute Gasteiger partial charge is 0.356 e. The third-order valence-electron chi connectivity index (χ3n) is 1.76. The van der Waals surface area contributed by atoms with E-state index in [0.29, 0.717) is 6.07 Å². The Morgan fingerprint density at radius 2 is 2.18 bits per heavy atom. The molecule has 0 aliphatic carbocycles. The van der Waals surface area contributed by atoms with Gasteiger partial charge >= 0.3 is 11.7 Å². The van der Waals surface area contributed by atoms with Crippen LogP contribution in [-0.4, -0.2) is 23.0 Å². The zero-order valence-corrected chi connectivity index (χ0v) is 8.32. The summed E-state index contributed by atoms with van der Waals surface area (Å²) in [6.45, 7) is 0. The second-order valence-electron chi connectivity index (χ2n) is 2.78. The van der Waals surface area contributed by atoms with E-state index in [0.717, 1.165) is 7.11 Å². The van der Waals surface area contributed by atoms with Crippen LogP contribution in [0.25, 0.3) is 0 Å². The first-order valence-corrected chi connectivity index (χ1v) is 4.09. The number of esters is 1. The quantitative estimate of drug-likeness (QED) is 0.464. The first-order valence-electron chi connectivity index (χ1n) is 4.09. The number of hydrogen-bond acceptors (Lipinski definition) is 5. The maximum atomic E-state index is 13.2. The minimum Gasteiger partial charge on any atom is -0.464 e. The van der Waals surface area contributed by atoms with E-state index < -0.39 is 40.2 Å². The minimum absolute atomic E-state index is 0.438. The van der Waals surface area contributed by atoms with Gasteiger partial charge in [0.1, 0.15) is 0 Å². The van der Waals surface area contributed by atoms with Crippen LogP contribution in [0.3, 0.4) is 0 Å². The summed E-state index contributed by atoms with van der Waals surface area (Å²) in [4.78, 5) is 23.2. The summed E-state index contributed by atoms with van der Waals surface area (Å²) in [5.41, 5.74) is -3.47. The molecule has 0 amide bonds. The maximum Gasteiger partial charge on any atom is 0.356 e. The van der Waals surface area contributed by atoms with Gasteiger partial charge in [-0.1, -0.05) is 0 Å². The first kappa shape index (κ1) is 12.9. The Kier molecular flexibility index (Phi) is 3.61. The summed E-state index contributed by atoms with van der Waals surface area (Å²) in [6, 6.07) is 0.438. The number of methoxy groups -OCH3 is 1. The van der Waals surface area contributed by atoms with Crippen molar-refractivity contribution in [1.82, 2.24) is 4.98 Å². The van der Waals surface area contributed by atoms with Crippen LogP contribution in [0.2, 0.25) is 0 Å². The van der Waals surface area contributed by atoms with E-state index in [4.69, 9.17) is 0 Å². The number of aromatic nitrogens is 1. The summed E-state index contributed by atoms with van der Waals surface area (Å²) in [5, 5.41) is 10.4. The molecule has 0 radical (unpaired) electrons. The Labute approximate surface area is 92.2 Å². The van der Waals surface area contributed by atoms with Crippen molar-refractivity contribution < 1.29 is 27.6 Å². The van der Waals surface area contributed by atoms with Crippen LogP contribution < -0.4 is 0 Å². The fourth-order valence-electron chi connectivity index (χ4n) is 1.02. The highest BCUT2D eigenvalue weighted by Crippen LogP contribution is 2.27. The predicted octanol–water partition coefficient (Wildman–Crippen LogP) is 1.85. The van der Waals surface area contributed by atoms with E-state index in [1.54, 1.807) is 0 Å². The fourth-order valence-corrected chi connectivity index (χ4v) is 1.02. The molecule has 1 aromatic rings. The average molecular weight is 250 g/mol. The van der Waals surface area contributed by atoms with Crippen molar-refractivity contribution in [3.63, 3.8) is 0 Å². The van der Waals surface area contributed by atoms with Crippen molar-refractivity contribution in [3.05, 3.63) is 33.4 Å². The van der Waals surface area contributed by atoms with Crippen molar-refractivity contribution in [2.45, 2.75) is 6.43 Å². The molecule has 0 unspecified atom stereocenters. The van der Waals surface area contributed by atoms with Crippen LogP contribution in [0.1, 0.15) is 22.6 Å². The van der Waals surface area contributed by atoms with Gasteiger partial charge in [0.15, 0.2) is 11.4 Å². The molecule has 0 atom stereocenters. The summed E-state index contributed by atoms with van der Waals surface area (Å²) in [7, 11) is 0.932. The first-order chi connectivity index (χ1) is 7.88. The lowest BCUT2D eigenvalue weighted by Crippen LogP contribution is -2.10. The third-order valence-corrected chi connectivity index (χ3v) is 1.76. The van der Waals surface area contributed by atoms with Crippen LogP contribution in [0.4, 0.5) is 18.9 Å². The van der Waals surface area contributed by atoms with E-state index >= 15 is 0 Å². The SMILES string of the molecule is COC(=O)c1cc([N+](=O)[O-])c(F)c(C(F)F)n1. The van der Waals surface area contributed by atoms with Crippen molar-refractivity contribution in [2.75, 3.05) is 7.11 Å². The fraction of sp³-hybridized carbons (Fsp3) is 0.250. The van der Waals surface area contributed by atoms with Gasteiger partial charge in [-0.15, -0.1) is 0 Å². The molecule has 1 aromatic heterocycles. The molecule has 0 N–H and O–H groups in total. The monoisotopic (exact) mass is 250 g/mol. The molecule has 0 spiro atoms. The standard InChI is InChI=1S/C8H5F3N2O4/c1-17-8(14)3-2-4(13(15)16)5(9)6(12-3)7(10)11/h2,7H,1H3. The number of halogens is 3. The van der Waals surface area contributed by atoms with Gasteiger partial charge in [-0.3, -0.25) is 10.1 Å². The van der Waals surface area contributed by atoms with Gasteiger partial charge in [-0.25, -0.2) is 18.6 Å². The summed E-state index contributed by atoms with van der Waals surface area (Å²) in [6.07, 6.45) is -3.38. The van der Waals surface area contributed by atoms with Gasteiger partial charge in [-0.05, 0) is 0 Å². The van der Waals surface area contributed by atoms with Crippen LogP contribution in [0.5, 0.6) is 0 Å². The highest BCUT2D eigenvalue weighted by molar-refractivity contribution is 5.87. The summed E-state index contributed by atoms with van der Waals surface area (Å²) >= 11 is 0. The molecule has 0 aliphatic heterocycles. The lowest BCUT2D eigenvalue weighted by Gasteiger charge is -2.04. The maximum absolute atomic E-state index is 13.2. The van der Waals surface area contributed by atoms with Gasteiger partial charge in [-0.2, -0.15) is 4.39 Å². The van der Waals surface area contributed by atoms with E-state index in [9.17, 15) is 28.1 Å². The summed E-state index contributed by atoms with van der Waals surface area (Å²) in [5.74, 6) is -2.94. The van der Waals surface area contributed by atoms with E-state index in [-0.39, 0.29) is 0 Å². The molecule has 6 nitrogen and oxygen atoms in total. The van der Waals surface area contributed by atoms with Crippen LogP contribution >= 0.6 is 0 Å². The van der Waals surface area contributed by atoms with Crippen LogP contribution in [0.15, 0.2) is 6.07 Å².